The van der Waals surface area contributed by atoms with Crippen LogP contribution in [-0.4, -0.2) is 25.2 Å². The lowest BCUT2D eigenvalue weighted by Gasteiger charge is -2.39. The van der Waals surface area contributed by atoms with Gasteiger partial charge in [-0.05, 0) is 63.4 Å². The number of rotatable bonds is 7. The molecule has 0 saturated heterocycles. The van der Waals surface area contributed by atoms with Gasteiger partial charge in [-0.25, -0.2) is 0 Å². The minimum Gasteiger partial charge on any atom is -0.437 e. The largest absolute Gasteiger partial charge is 0.437 e. The van der Waals surface area contributed by atoms with Crippen molar-refractivity contribution in [1.82, 2.24) is 0 Å². The van der Waals surface area contributed by atoms with E-state index in [0.29, 0.717) is 5.92 Å². The van der Waals surface area contributed by atoms with Gasteiger partial charge < -0.3 is 8.23 Å². The average Bonchev–Trinajstić information content (AvgIpc) is 2.24. The first-order valence-electron chi connectivity index (χ1n) is 7.86. The topological polar surface area (TPSA) is 18.5 Å². The maximum absolute atomic E-state index is 6.58. The minimum atomic E-state index is -2.14. The molecule has 0 bridgehead atoms. The quantitative estimate of drug-likeness (QED) is 0.604. The van der Waals surface area contributed by atoms with E-state index in [2.05, 4.69) is 83.1 Å². The molecule has 0 aliphatic carbocycles. The van der Waals surface area contributed by atoms with Crippen molar-refractivity contribution in [2.24, 2.45) is 0 Å². The van der Waals surface area contributed by atoms with Crippen LogP contribution in [0.25, 0.3) is 0 Å². The Morgan fingerprint density at radius 1 is 0.810 bits per heavy atom. The molecule has 0 aromatic heterocycles. The van der Waals surface area contributed by atoms with E-state index in [0.717, 1.165) is 6.04 Å². The van der Waals surface area contributed by atoms with Crippen molar-refractivity contribution in [3.63, 3.8) is 0 Å². The Hall–Kier alpha value is -0.209. The van der Waals surface area contributed by atoms with Crippen LogP contribution in [0.1, 0.15) is 18.4 Å². The highest BCUT2D eigenvalue weighted by molar-refractivity contribution is 6.87. The van der Waals surface area contributed by atoms with Gasteiger partial charge in [0.05, 0.1) is 0 Å². The van der Waals surface area contributed by atoms with Crippen LogP contribution in [0, 0.1) is 0 Å². The van der Waals surface area contributed by atoms with Crippen LogP contribution in [0.2, 0.25) is 51.9 Å². The molecule has 0 spiro atoms. The fraction of sp³-hybridized carbons (Fsp3) is 0.625. The second-order valence-electron chi connectivity index (χ2n) is 8.08. The molecule has 0 aliphatic rings. The smallest absolute Gasteiger partial charge is 0.314 e. The van der Waals surface area contributed by atoms with Crippen molar-refractivity contribution < 1.29 is 8.23 Å². The Bertz CT molecular complexity index is 419. The molecule has 1 atom stereocenters. The van der Waals surface area contributed by atoms with Crippen molar-refractivity contribution in [2.45, 2.75) is 64.7 Å². The highest BCUT2D eigenvalue weighted by Crippen LogP contribution is 2.31. The maximum Gasteiger partial charge on any atom is 0.314 e. The molecular formula is C16H32O2Si3. The van der Waals surface area contributed by atoms with Crippen molar-refractivity contribution in [1.29, 1.82) is 0 Å². The normalized spacial score (nSPS) is 15.0. The Morgan fingerprint density at radius 2 is 1.24 bits per heavy atom. The standard InChI is InChI=1S/C16H32O2Si3/c1-15(16-12-10-9-11-13-16)14-21(8,17-19(2,3)4)18-20(5,6)7/h9-13,15H,14H2,1-8H3. The van der Waals surface area contributed by atoms with E-state index in [1.54, 1.807) is 0 Å². The lowest BCUT2D eigenvalue weighted by Crippen LogP contribution is -2.53. The van der Waals surface area contributed by atoms with Gasteiger partial charge in [0.15, 0.2) is 16.6 Å². The molecule has 1 aromatic rings. The summed E-state index contributed by atoms with van der Waals surface area (Å²) in [6, 6.07) is 11.8. The van der Waals surface area contributed by atoms with Crippen molar-refractivity contribution in [3.8, 4) is 0 Å². The van der Waals surface area contributed by atoms with Crippen LogP contribution in [0.4, 0.5) is 0 Å². The summed E-state index contributed by atoms with van der Waals surface area (Å²) in [5.41, 5.74) is 1.38. The van der Waals surface area contributed by atoms with Crippen molar-refractivity contribution in [3.05, 3.63) is 35.9 Å². The third kappa shape index (κ3) is 7.56. The zero-order valence-electron chi connectivity index (χ0n) is 15.0. The first-order chi connectivity index (χ1) is 9.40. The van der Waals surface area contributed by atoms with Gasteiger partial charge in [-0.3, -0.25) is 0 Å². The first kappa shape index (κ1) is 18.8. The van der Waals surface area contributed by atoms with E-state index in [-0.39, 0.29) is 0 Å². The molecule has 120 valence electrons. The second-order valence-corrected chi connectivity index (χ2v) is 20.8. The summed E-state index contributed by atoms with van der Waals surface area (Å²) in [6.07, 6.45) is 0. The Labute approximate surface area is 134 Å². The monoisotopic (exact) mass is 340 g/mol. The van der Waals surface area contributed by atoms with Crippen LogP contribution in [-0.2, 0) is 8.23 Å². The minimum absolute atomic E-state index is 0.482. The van der Waals surface area contributed by atoms with Crippen LogP contribution < -0.4 is 0 Å². The Morgan fingerprint density at radius 3 is 1.62 bits per heavy atom. The lowest BCUT2D eigenvalue weighted by molar-refractivity contribution is 0.379. The molecule has 0 heterocycles. The highest BCUT2D eigenvalue weighted by Gasteiger charge is 2.41. The SMILES string of the molecule is CC(C[Si](C)(O[Si](C)(C)C)O[Si](C)(C)C)c1ccccc1. The van der Waals surface area contributed by atoms with Crippen LogP contribution in [0.15, 0.2) is 30.3 Å². The predicted molar refractivity (Wildman–Crippen MR) is 100 cm³/mol. The first-order valence-corrected chi connectivity index (χ1v) is 17.2. The summed E-state index contributed by atoms with van der Waals surface area (Å²) in [5.74, 6) is 0.482. The highest BCUT2D eigenvalue weighted by atomic mass is 28.5. The molecule has 0 fully saturated rings. The molecule has 0 saturated carbocycles. The maximum atomic E-state index is 6.58. The number of hydrogen-bond donors (Lipinski definition) is 0. The zero-order chi connectivity index (χ0) is 16.3. The molecule has 0 amide bonds. The molecule has 2 nitrogen and oxygen atoms in total. The van der Waals surface area contributed by atoms with E-state index in [1.807, 2.05) is 0 Å². The molecule has 0 radical (unpaired) electrons. The summed E-state index contributed by atoms with van der Waals surface area (Å²) >= 11 is 0. The number of benzene rings is 1. The third-order valence-electron chi connectivity index (χ3n) is 3.09. The summed E-state index contributed by atoms with van der Waals surface area (Å²) in [4.78, 5) is 0. The Kier molecular flexibility index (Phi) is 6.20. The van der Waals surface area contributed by atoms with Crippen LogP contribution >= 0.6 is 0 Å². The van der Waals surface area contributed by atoms with E-state index in [4.69, 9.17) is 8.23 Å². The molecular weight excluding hydrogens is 308 g/mol. The van der Waals surface area contributed by atoms with Gasteiger partial charge in [-0.15, -0.1) is 0 Å². The summed E-state index contributed by atoms with van der Waals surface area (Å²) < 4.78 is 13.2. The van der Waals surface area contributed by atoms with Gasteiger partial charge in [0, 0.05) is 0 Å². The van der Waals surface area contributed by atoms with E-state index < -0.39 is 25.2 Å². The third-order valence-corrected chi connectivity index (χ3v) is 12.8. The van der Waals surface area contributed by atoms with Gasteiger partial charge >= 0.3 is 8.56 Å². The van der Waals surface area contributed by atoms with Crippen molar-refractivity contribution in [2.75, 3.05) is 0 Å². The van der Waals surface area contributed by atoms with E-state index >= 15 is 0 Å². The molecule has 0 aliphatic heterocycles. The summed E-state index contributed by atoms with van der Waals surface area (Å²) in [7, 11) is -5.35. The molecule has 21 heavy (non-hydrogen) atoms. The summed E-state index contributed by atoms with van der Waals surface area (Å²) in [5, 5.41) is 0. The van der Waals surface area contributed by atoms with Gasteiger partial charge in [0.1, 0.15) is 0 Å². The molecule has 0 N–H and O–H groups in total. The molecule has 1 aromatic carbocycles. The van der Waals surface area contributed by atoms with E-state index in [1.165, 1.54) is 5.56 Å². The van der Waals surface area contributed by atoms with Gasteiger partial charge in [0.2, 0.25) is 0 Å². The van der Waals surface area contributed by atoms with Crippen molar-refractivity contribution >= 4 is 25.2 Å². The Balaban J connectivity index is 2.91. The number of hydrogen-bond acceptors (Lipinski definition) is 2. The predicted octanol–water partition coefficient (Wildman–Crippen LogP) is 5.57. The van der Waals surface area contributed by atoms with E-state index in [9.17, 15) is 0 Å². The van der Waals surface area contributed by atoms with Crippen LogP contribution in [0.3, 0.4) is 0 Å². The van der Waals surface area contributed by atoms with Crippen LogP contribution in [0.5, 0.6) is 0 Å². The van der Waals surface area contributed by atoms with Gasteiger partial charge in [0.25, 0.3) is 0 Å². The molecule has 5 heteroatoms. The van der Waals surface area contributed by atoms with Gasteiger partial charge in [-0.1, -0.05) is 37.3 Å². The lowest BCUT2D eigenvalue weighted by atomic mass is 10.0. The second kappa shape index (κ2) is 6.91. The van der Waals surface area contributed by atoms with Gasteiger partial charge in [-0.2, -0.15) is 0 Å². The zero-order valence-corrected chi connectivity index (χ0v) is 18.0. The molecule has 1 unspecified atom stereocenters. The summed E-state index contributed by atoms with van der Waals surface area (Å²) in [6.45, 7) is 18.1. The average molecular weight is 341 g/mol. The molecule has 1 rings (SSSR count). The fourth-order valence-corrected chi connectivity index (χ4v) is 15.8. The fourth-order valence-electron chi connectivity index (χ4n) is 2.86.